The average Bonchev–Trinajstić information content (AvgIpc) is 2.76. The van der Waals surface area contributed by atoms with Gasteiger partial charge in [-0.15, -0.1) is 0 Å². The van der Waals surface area contributed by atoms with Crippen molar-refractivity contribution in [3.63, 3.8) is 0 Å². The molecule has 0 spiro atoms. The van der Waals surface area contributed by atoms with E-state index in [2.05, 4.69) is 17.4 Å². The highest BCUT2D eigenvalue weighted by molar-refractivity contribution is 6.42. The minimum Gasteiger partial charge on any atom is -0.457 e. The molecular formula is C24H27Cl2NO2. The van der Waals surface area contributed by atoms with Gasteiger partial charge in [-0.2, -0.15) is 0 Å². The third kappa shape index (κ3) is 3.97. The molecule has 2 heterocycles. The number of fused-ring (bicyclic) bond motifs is 3. The Hall–Kier alpha value is -1.42. The summed E-state index contributed by atoms with van der Waals surface area (Å²) < 4.78 is 12.4. The quantitative estimate of drug-likeness (QED) is 0.541. The van der Waals surface area contributed by atoms with Gasteiger partial charge in [0.05, 0.1) is 16.1 Å². The van der Waals surface area contributed by atoms with Crippen LogP contribution >= 0.6 is 23.2 Å². The average molecular weight is 432 g/mol. The van der Waals surface area contributed by atoms with Crippen molar-refractivity contribution in [1.82, 2.24) is 0 Å². The molecule has 5 heteroatoms. The van der Waals surface area contributed by atoms with E-state index in [1.807, 2.05) is 12.1 Å². The number of rotatable bonds is 3. The predicted octanol–water partition coefficient (Wildman–Crippen LogP) is 7.63. The van der Waals surface area contributed by atoms with Crippen LogP contribution in [0.2, 0.25) is 10.0 Å². The summed E-state index contributed by atoms with van der Waals surface area (Å²) in [7, 11) is 0. The van der Waals surface area contributed by atoms with E-state index in [-0.39, 0.29) is 6.10 Å². The minimum atomic E-state index is 0.157. The van der Waals surface area contributed by atoms with Gasteiger partial charge < -0.3 is 14.8 Å². The number of ether oxygens (including phenoxy) is 2. The predicted molar refractivity (Wildman–Crippen MR) is 118 cm³/mol. The summed E-state index contributed by atoms with van der Waals surface area (Å²) in [5, 5.41) is 4.92. The fourth-order valence-electron chi connectivity index (χ4n) is 5.39. The minimum absolute atomic E-state index is 0.157. The first-order valence-electron chi connectivity index (χ1n) is 10.8. The standard InChI is InChI=1S/C24H27Cl2NO2/c25-20-10-8-17(14-21(20)26)29-16-9-11-22-19(13-16)24-18(7-4-12-28-24)23(27-22)15-5-2-1-3-6-15/h8-11,13-15,18,23-24,27H,1-7,12H2/t18-,23-,24-/m0/s1. The molecule has 1 aliphatic carbocycles. The Morgan fingerprint density at radius 2 is 1.66 bits per heavy atom. The smallest absolute Gasteiger partial charge is 0.129 e. The van der Waals surface area contributed by atoms with E-state index in [0.717, 1.165) is 24.7 Å². The molecule has 0 unspecified atom stereocenters. The molecule has 3 aliphatic rings. The number of benzene rings is 2. The molecule has 154 valence electrons. The largest absolute Gasteiger partial charge is 0.457 e. The Morgan fingerprint density at radius 3 is 2.48 bits per heavy atom. The van der Waals surface area contributed by atoms with Crippen LogP contribution in [0.15, 0.2) is 36.4 Å². The fourth-order valence-corrected chi connectivity index (χ4v) is 5.68. The van der Waals surface area contributed by atoms with Gasteiger partial charge in [0, 0.05) is 35.9 Å². The van der Waals surface area contributed by atoms with Crippen LogP contribution in [0.25, 0.3) is 0 Å². The van der Waals surface area contributed by atoms with Crippen molar-refractivity contribution >= 4 is 28.9 Å². The van der Waals surface area contributed by atoms with E-state index >= 15 is 0 Å². The molecule has 0 bridgehead atoms. The Balaban J connectivity index is 1.43. The molecule has 2 aromatic carbocycles. The first-order chi connectivity index (χ1) is 14.2. The van der Waals surface area contributed by atoms with Gasteiger partial charge in [-0.3, -0.25) is 0 Å². The molecule has 2 aliphatic heterocycles. The topological polar surface area (TPSA) is 30.5 Å². The summed E-state index contributed by atoms with van der Waals surface area (Å²) in [4.78, 5) is 0. The molecular weight excluding hydrogens is 405 g/mol. The zero-order valence-corrected chi connectivity index (χ0v) is 18.0. The molecule has 1 N–H and O–H groups in total. The van der Waals surface area contributed by atoms with Gasteiger partial charge in [0.15, 0.2) is 0 Å². The van der Waals surface area contributed by atoms with Gasteiger partial charge in [0.25, 0.3) is 0 Å². The zero-order chi connectivity index (χ0) is 19.8. The number of hydrogen-bond acceptors (Lipinski definition) is 3. The van der Waals surface area contributed by atoms with Crippen molar-refractivity contribution < 1.29 is 9.47 Å². The highest BCUT2D eigenvalue weighted by Crippen LogP contribution is 2.48. The van der Waals surface area contributed by atoms with E-state index < -0.39 is 0 Å². The molecule has 0 radical (unpaired) electrons. The highest BCUT2D eigenvalue weighted by Gasteiger charge is 2.42. The fraction of sp³-hybridized carbons (Fsp3) is 0.500. The lowest BCUT2D eigenvalue weighted by Gasteiger charge is -2.47. The summed E-state index contributed by atoms with van der Waals surface area (Å²) in [5.74, 6) is 2.79. The summed E-state index contributed by atoms with van der Waals surface area (Å²) in [6.07, 6.45) is 9.35. The van der Waals surface area contributed by atoms with Crippen LogP contribution in [0.4, 0.5) is 5.69 Å². The van der Waals surface area contributed by atoms with Crippen LogP contribution in [0.5, 0.6) is 11.5 Å². The van der Waals surface area contributed by atoms with Gasteiger partial charge in [0.1, 0.15) is 11.5 Å². The van der Waals surface area contributed by atoms with Crippen molar-refractivity contribution in [1.29, 1.82) is 0 Å². The summed E-state index contributed by atoms with van der Waals surface area (Å²) in [6, 6.07) is 12.2. The van der Waals surface area contributed by atoms with E-state index in [0.29, 0.717) is 27.8 Å². The summed E-state index contributed by atoms with van der Waals surface area (Å²) in [6.45, 7) is 0.843. The molecule has 0 amide bonds. The van der Waals surface area contributed by atoms with Crippen LogP contribution in [-0.2, 0) is 4.74 Å². The molecule has 3 atom stereocenters. The second-order valence-corrected chi connectivity index (χ2v) is 9.41. The second-order valence-electron chi connectivity index (χ2n) is 8.59. The second kappa shape index (κ2) is 8.37. The highest BCUT2D eigenvalue weighted by atomic mass is 35.5. The van der Waals surface area contributed by atoms with Gasteiger partial charge in [-0.05, 0) is 61.9 Å². The van der Waals surface area contributed by atoms with Crippen molar-refractivity contribution in [3.05, 3.63) is 52.0 Å². The van der Waals surface area contributed by atoms with Crippen LogP contribution < -0.4 is 10.1 Å². The SMILES string of the molecule is Clc1ccc(Oc2ccc3c(c2)[C@H]2OCCC[C@H]2[C@H](C2CCCCC2)N3)cc1Cl. The third-order valence-electron chi connectivity index (χ3n) is 6.77. The first kappa shape index (κ1) is 19.5. The van der Waals surface area contributed by atoms with Crippen molar-refractivity contribution in [2.24, 2.45) is 11.8 Å². The van der Waals surface area contributed by atoms with E-state index in [1.54, 1.807) is 12.1 Å². The number of halogens is 2. The van der Waals surface area contributed by atoms with E-state index in [4.69, 9.17) is 32.7 Å². The molecule has 1 saturated heterocycles. The number of anilines is 1. The first-order valence-corrected chi connectivity index (χ1v) is 11.6. The van der Waals surface area contributed by atoms with Crippen molar-refractivity contribution in [2.45, 2.75) is 57.1 Å². The lowest BCUT2D eigenvalue weighted by atomic mass is 9.71. The van der Waals surface area contributed by atoms with Gasteiger partial charge >= 0.3 is 0 Å². The molecule has 5 rings (SSSR count). The lowest BCUT2D eigenvalue weighted by molar-refractivity contribution is -0.0458. The molecule has 3 nitrogen and oxygen atoms in total. The molecule has 0 aromatic heterocycles. The summed E-state index contributed by atoms with van der Waals surface area (Å²) in [5.41, 5.74) is 2.42. The number of hydrogen-bond donors (Lipinski definition) is 1. The van der Waals surface area contributed by atoms with Crippen molar-refractivity contribution in [2.75, 3.05) is 11.9 Å². The molecule has 2 aromatic rings. The summed E-state index contributed by atoms with van der Waals surface area (Å²) >= 11 is 12.2. The van der Waals surface area contributed by atoms with Crippen LogP contribution in [-0.4, -0.2) is 12.6 Å². The van der Waals surface area contributed by atoms with Crippen LogP contribution in [0.3, 0.4) is 0 Å². The number of nitrogens with one attached hydrogen (secondary N) is 1. The third-order valence-corrected chi connectivity index (χ3v) is 7.50. The maximum absolute atomic E-state index is 6.34. The lowest BCUT2D eigenvalue weighted by Crippen LogP contribution is -2.46. The Labute approximate surface area is 182 Å². The van der Waals surface area contributed by atoms with Crippen molar-refractivity contribution in [3.8, 4) is 11.5 Å². The van der Waals surface area contributed by atoms with E-state index in [9.17, 15) is 0 Å². The maximum Gasteiger partial charge on any atom is 0.129 e. The zero-order valence-electron chi connectivity index (χ0n) is 16.5. The normalized spacial score (nSPS) is 26.9. The Bertz CT molecular complexity index is 881. The van der Waals surface area contributed by atoms with Crippen LogP contribution in [0, 0.1) is 11.8 Å². The molecule has 2 fully saturated rings. The van der Waals surface area contributed by atoms with Crippen LogP contribution in [0.1, 0.15) is 56.6 Å². The monoisotopic (exact) mass is 431 g/mol. The molecule has 1 saturated carbocycles. The van der Waals surface area contributed by atoms with Gasteiger partial charge in [-0.1, -0.05) is 42.5 Å². The van der Waals surface area contributed by atoms with E-state index in [1.165, 1.54) is 49.8 Å². The molecule has 29 heavy (non-hydrogen) atoms. The van der Waals surface area contributed by atoms with Gasteiger partial charge in [0.2, 0.25) is 0 Å². The maximum atomic E-state index is 6.34. The Kier molecular flexibility index (Phi) is 5.64. The van der Waals surface area contributed by atoms with Gasteiger partial charge in [-0.25, -0.2) is 0 Å². The Morgan fingerprint density at radius 1 is 0.862 bits per heavy atom.